The highest BCUT2D eigenvalue weighted by atomic mass is 32.1. The Kier molecular flexibility index (Phi) is 3.22. The molecule has 0 aliphatic heterocycles. The van der Waals surface area contributed by atoms with E-state index < -0.39 is 0 Å². The molecule has 0 saturated heterocycles. The number of guanidine groups is 1. The molecule has 0 bridgehead atoms. The summed E-state index contributed by atoms with van der Waals surface area (Å²) < 4.78 is 0. The predicted octanol–water partition coefficient (Wildman–Crippen LogP) is -0.941. The van der Waals surface area contributed by atoms with Crippen LogP contribution in [0.4, 0.5) is 0 Å². The zero-order chi connectivity index (χ0) is 8.15. The topological polar surface area (TPSA) is 79.1 Å². The first-order valence-electron chi connectivity index (χ1n) is 2.44. The molecule has 0 aliphatic rings. The van der Waals surface area contributed by atoms with Gasteiger partial charge in [0.05, 0.1) is 6.54 Å². The standard InChI is InChI=1S/C5H8N4S/c1-2-3-9(4(6)7)5(8)10/h1H,3H2,(H3,6,7)(H2,8,10). The zero-order valence-corrected chi connectivity index (χ0v) is 6.11. The van der Waals surface area contributed by atoms with Crippen molar-refractivity contribution in [1.82, 2.24) is 4.90 Å². The maximum absolute atomic E-state index is 6.93. The van der Waals surface area contributed by atoms with Gasteiger partial charge in [-0.05, 0) is 12.2 Å². The molecule has 54 valence electrons. The van der Waals surface area contributed by atoms with Crippen molar-refractivity contribution in [3.8, 4) is 12.3 Å². The van der Waals surface area contributed by atoms with Gasteiger partial charge in [-0.1, -0.05) is 5.92 Å². The second-order valence-electron chi connectivity index (χ2n) is 1.51. The summed E-state index contributed by atoms with van der Waals surface area (Å²) in [5, 5.41) is 6.94. The van der Waals surface area contributed by atoms with Crippen molar-refractivity contribution >= 4 is 23.3 Å². The third-order valence-electron chi connectivity index (χ3n) is 0.806. The SMILES string of the molecule is C#CCN(C(=N)N)C(N)=S. The summed E-state index contributed by atoms with van der Waals surface area (Å²) in [4.78, 5) is 1.15. The van der Waals surface area contributed by atoms with Gasteiger partial charge >= 0.3 is 0 Å². The van der Waals surface area contributed by atoms with Crippen molar-refractivity contribution in [2.75, 3.05) is 6.54 Å². The number of rotatable bonds is 1. The van der Waals surface area contributed by atoms with Crippen LogP contribution in [-0.4, -0.2) is 22.5 Å². The normalized spacial score (nSPS) is 7.90. The van der Waals surface area contributed by atoms with Crippen LogP contribution in [-0.2, 0) is 0 Å². The number of thiocarbonyl (C=S) groups is 1. The molecule has 0 aliphatic carbocycles. The minimum atomic E-state index is -0.231. The van der Waals surface area contributed by atoms with Crippen LogP contribution < -0.4 is 11.5 Å². The summed E-state index contributed by atoms with van der Waals surface area (Å²) >= 11 is 4.55. The number of nitrogens with one attached hydrogen (secondary N) is 1. The van der Waals surface area contributed by atoms with Crippen molar-refractivity contribution in [2.24, 2.45) is 11.5 Å². The molecule has 0 atom stereocenters. The lowest BCUT2D eigenvalue weighted by Gasteiger charge is -2.16. The summed E-state index contributed by atoms with van der Waals surface area (Å²) in [6.45, 7) is 0.144. The molecule has 10 heavy (non-hydrogen) atoms. The van der Waals surface area contributed by atoms with Gasteiger partial charge in [0.1, 0.15) is 0 Å². The molecule has 4 nitrogen and oxygen atoms in total. The number of hydrogen-bond acceptors (Lipinski definition) is 2. The van der Waals surface area contributed by atoms with Gasteiger partial charge < -0.3 is 11.5 Å². The van der Waals surface area contributed by atoms with Crippen LogP contribution in [0.25, 0.3) is 0 Å². The smallest absolute Gasteiger partial charge is 0.195 e. The van der Waals surface area contributed by atoms with Crippen LogP contribution >= 0.6 is 12.2 Å². The highest BCUT2D eigenvalue weighted by Gasteiger charge is 2.05. The molecule has 0 aromatic rings. The van der Waals surface area contributed by atoms with Crippen molar-refractivity contribution in [1.29, 1.82) is 5.41 Å². The van der Waals surface area contributed by atoms with Crippen LogP contribution in [0.3, 0.4) is 0 Å². The lowest BCUT2D eigenvalue weighted by Crippen LogP contribution is -2.44. The maximum Gasteiger partial charge on any atom is 0.195 e. The fourth-order valence-corrected chi connectivity index (χ4v) is 0.536. The van der Waals surface area contributed by atoms with E-state index in [9.17, 15) is 0 Å². The molecule has 0 rings (SSSR count). The fraction of sp³-hybridized carbons (Fsp3) is 0.200. The van der Waals surface area contributed by atoms with Crippen molar-refractivity contribution in [3.63, 3.8) is 0 Å². The van der Waals surface area contributed by atoms with Gasteiger partial charge in [0.25, 0.3) is 0 Å². The van der Waals surface area contributed by atoms with Gasteiger partial charge in [-0.3, -0.25) is 10.3 Å². The highest BCUT2D eigenvalue weighted by molar-refractivity contribution is 7.80. The molecule has 0 aromatic heterocycles. The van der Waals surface area contributed by atoms with Crippen LogP contribution in [0.5, 0.6) is 0 Å². The quantitative estimate of drug-likeness (QED) is 0.198. The van der Waals surface area contributed by atoms with Crippen LogP contribution in [0.1, 0.15) is 0 Å². The van der Waals surface area contributed by atoms with Crippen molar-refractivity contribution < 1.29 is 0 Å². The zero-order valence-electron chi connectivity index (χ0n) is 5.29. The van der Waals surface area contributed by atoms with E-state index in [0.29, 0.717) is 0 Å². The first-order valence-corrected chi connectivity index (χ1v) is 2.85. The van der Waals surface area contributed by atoms with Gasteiger partial charge in [-0.2, -0.15) is 0 Å². The van der Waals surface area contributed by atoms with E-state index in [1.165, 1.54) is 0 Å². The Morgan fingerprint density at radius 1 is 1.70 bits per heavy atom. The van der Waals surface area contributed by atoms with Crippen molar-refractivity contribution in [2.45, 2.75) is 0 Å². The van der Waals surface area contributed by atoms with E-state index in [1.807, 2.05) is 0 Å². The van der Waals surface area contributed by atoms with Gasteiger partial charge in [0.2, 0.25) is 0 Å². The summed E-state index contributed by atoms with van der Waals surface area (Å²) in [5.41, 5.74) is 10.2. The highest BCUT2D eigenvalue weighted by Crippen LogP contribution is 1.83. The number of hydrogen-bond donors (Lipinski definition) is 3. The molecule has 0 heterocycles. The molecule has 0 spiro atoms. The average molecular weight is 156 g/mol. The molecule has 0 unspecified atom stereocenters. The molecule has 0 aromatic carbocycles. The van der Waals surface area contributed by atoms with E-state index in [-0.39, 0.29) is 17.6 Å². The summed E-state index contributed by atoms with van der Waals surface area (Å²) in [6.07, 6.45) is 4.95. The van der Waals surface area contributed by atoms with Crippen molar-refractivity contribution in [3.05, 3.63) is 0 Å². The summed E-state index contributed by atoms with van der Waals surface area (Å²) in [6, 6.07) is 0. The van der Waals surface area contributed by atoms with Crippen LogP contribution in [0, 0.1) is 17.8 Å². The number of nitrogens with two attached hydrogens (primary N) is 2. The first kappa shape index (κ1) is 8.72. The third kappa shape index (κ3) is 2.33. The molecular formula is C5H8N4S. The minimum Gasteiger partial charge on any atom is -0.376 e. The first-order chi connectivity index (χ1) is 4.59. The molecule has 0 fully saturated rings. The van der Waals surface area contributed by atoms with E-state index in [4.69, 9.17) is 23.3 Å². The fourth-order valence-electron chi connectivity index (χ4n) is 0.373. The third-order valence-corrected chi connectivity index (χ3v) is 1.03. The van der Waals surface area contributed by atoms with E-state index >= 15 is 0 Å². The van der Waals surface area contributed by atoms with E-state index in [0.717, 1.165) is 4.90 Å². The summed E-state index contributed by atoms with van der Waals surface area (Å²) in [7, 11) is 0. The summed E-state index contributed by atoms with van der Waals surface area (Å²) in [5.74, 6) is 2.04. The monoisotopic (exact) mass is 156 g/mol. The van der Waals surface area contributed by atoms with Crippen LogP contribution in [0.2, 0.25) is 0 Å². The Balaban J connectivity index is 4.15. The van der Waals surface area contributed by atoms with Gasteiger partial charge in [0.15, 0.2) is 11.1 Å². The van der Waals surface area contributed by atoms with E-state index in [2.05, 4.69) is 18.1 Å². The lowest BCUT2D eigenvalue weighted by atomic mass is 10.6. The van der Waals surface area contributed by atoms with E-state index in [1.54, 1.807) is 0 Å². The molecular weight excluding hydrogens is 148 g/mol. The average Bonchev–Trinajstić information content (AvgIpc) is 1.81. The molecule has 0 saturated carbocycles. The predicted molar refractivity (Wildman–Crippen MR) is 44.2 cm³/mol. The minimum absolute atomic E-state index is 0.0189. The Labute approximate surface area is 64.7 Å². The second kappa shape index (κ2) is 3.69. The Morgan fingerprint density at radius 3 is 2.30 bits per heavy atom. The molecule has 5 N–H and O–H groups in total. The largest absolute Gasteiger partial charge is 0.376 e. The van der Waals surface area contributed by atoms with Gasteiger partial charge in [-0.25, -0.2) is 0 Å². The number of terminal acetylenes is 1. The van der Waals surface area contributed by atoms with Crippen LogP contribution in [0.15, 0.2) is 0 Å². The lowest BCUT2D eigenvalue weighted by molar-refractivity contribution is 0.682. The van der Waals surface area contributed by atoms with Gasteiger partial charge in [0, 0.05) is 0 Å². The molecule has 5 heteroatoms. The molecule has 0 radical (unpaired) electrons. The number of nitrogens with zero attached hydrogens (tertiary/aromatic N) is 1. The Hall–Kier alpha value is -1.28. The van der Waals surface area contributed by atoms with Gasteiger partial charge in [-0.15, -0.1) is 6.42 Å². The molecule has 0 amide bonds. The maximum atomic E-state index is 6.93. The Morgan fingerprint density at radius 2 is 2.20 bits per heavy atom. The second-order valence-corrected chi connectivity index (χ2v) is 1.93. The Bertz CT molecular complexity index is 178.